The second kappa shape index (κ2) is 10.7. The van der Waals surface area contributed by atoms with Crippen molar-refractivity contribution >= 4 is 45.0 Å². The fraction of sp³-hybridized carbons (Fsp3) is 0.0357. The molecule has 40 heavy (non-hydrogen) atoms. The summed E-state index contributed by atoms with van der Waals surface area (Å²) in [6.07, 6.45) is 5.06. The van der Waals surface area contributed by atoms with Crippen LogP contribution in [0.4, 0.5) is 17.3 Å². The number of nitrogens with zero attached hydrogens (tertiary/aromatic N) is 4. The van der Waals surface area contributed by atoms with Gasteiger partial charge < -0.3 is 16.5 Å². The number of sulfone groups is 1. The number of anilines is 3. The Kier molecular flexibility index (Phi) is 7.16. The second-order valence-electron chi connectivity index (χ2n) is 8.79. The summed E-state index contributed by atoms with van der Waals surface area (Å²) in [7, 11) is -3.47. The van der Waals surface area contributed by atoms with Crippen molar-refractivity contribution in [3.63, 3.8) is 0 Å². The Balaban J connectivity index is 1.68. The zero-order valence-electron chi connectivity index (χ0n) is 21.0. The molecule has 0 unspecified atom stereocenters. The molecule has 5 rings (SSSR count). The lowest BCUT2D eigenvalue weighted by atomic mass is 10.1. The highest BCUT2D eigenvalue weighted by Crippen LogP contribution is 2.28. The lowest BCUT2D eigenvalue weighted by Crippen LogP contribution is -2.26. The number of benzene rings is 3. The summed E-state index contributed by atoms with van der Waals surface area (Å²) in [5.41, 5.74) is 8.03. The predicted molar refractivity (Wildman–Crippen MR) is 156 cm³/mol. The summed E-state index contributed by atoms with van der Waals surface area (Å²) in [5, 5.41) is 11.5. The molecule has 12 heteroatoms. The molecule has 0 fully saturated rings. The number of nitrogens with two attached hydrogens (primary N) is 1. The van der Waals surface area contributed by atoms with Crippen LogP contribution in [0.3, 0.4) is 0 Å². The minimum absolute atomic E-state index is 0.0165. The van der Waals surface area contributed by atoms with Crippen molar-refractivity contribution in [2.24, 2.45) is 0 Å². The van der Waals surface area contributed by atoms with Gasteiger partial charge in [-0.15, -0.1) is 0 Å². The van der Waals surface area contributed by atoms with E-state index in [4.69, 9.17) is 27.7 Å². The molecule has 0 bridgehead atoms. The van der Waals surface area contributed by atoms with Gasteiger partial charge in [0.25, 0.3) is 5.56 Å². The Labute approximate surface area is 234 Å². The van der Waals surface area contributed by atoms with Crippen LogP contribution in [-0.4, -0.2) is 40.4 Å². The van der Waals surface area contributed by atoms with Gasteiger partial charge in [-0.1, -0.05) is 41.9 Å². The Hall–Kier alpha value is -4.87. The van der Waals surface area contributed by atoms with Crippen LogP contribution in [0.25, 0.3) is 28.3 Å². The van der Waals surface area contributed by atoms with Crippen molar-refractivity contribution in [2.45, 2.75) is 4.90 Å². The molecule has 0 aliphatic heterocycles. The Bertz CT molecular complexity index is 1890. The van der Waals surface area contributed by atoms with E-state index in [-0.39, 0.29) is 22.1 Å². The maximum Gasteiger partial charge on any atom is 0.269 e. The fourth-order valence-electron chi connectivity index (χ4n) is 4.00. The number of hydrogen-bond donors (Lipinski definition) is 3. The first-order valence-electron chi connectivity index (χ1n) is 11.8. The van der Waals surface area contributed by atoms with Gasteiger partial charge in [-0.05, 0) is 42.5 Å². The lowest BCUT2D eigenvalue weighted by molar-refractivity contribution is 0.602. The van der Waals surface area contributed by atoms with Gasteiger partial charge in [-0.3, -0.25) is 14.3 Å². The highest BCUT2D eigenvalue weighted by atomic mass is 35.5. The third-order valence-corrected chi connectivity index (χ3v) is 7.35. The Morgan fingerprint density at radius 3 is 2.30 bits per heavy atom. The largest absolute Gasteiger partial charge is 0.382 e. The predicted octanol–water partition coefficient (Wildman–Crippen LogP) is 4.74. The van der Waals surface area contributed by atoms with Gasteiger partial charge in [0.1, 0.15) is 23.0 Å². The topological polar surface area (TPSA) is 157 Å². The smallest absolute Gasteiger partial charge is 0.269 e. The molecule has 10 nitrogen and oxygen atoms in total. The maximum absolute atomic E-state index is 13.8. The van der Waals surface area contributed by atoms with E-state index in [1.165, 1.54) is 22.9 Å². The minimum Gasteiger partial charge on any atom is -0.382 e. The van der Waals surface area contributed by atoms with Crippen LogP contribution in [0.2, 0.25) is 5.02 Å². The van der Waals surface area contributed by atoms with E-state index in [1.807, 2.05) is 12.1 Å². The number of nitrogens with one attached hydrogen (secondary N) is 2. The Morgan fingerprint density at radius 1 is 0.975 bits per heavy atom. The third kappa shape index (κ3) is 5.46. The summed E-state index contributed by atoms with van der Waals surface area (Å²) in [6, 6.07) is 20.1. The molecule has 0 saturated carbocycles. The first-order valence-corrected chi connectivity index (χ1v) is 14.1. The van der Waals surface area contributed by atoms with Gasteiger partial charge >= 0.3 is 0 Å². The summed E-state index contributed by atoms with van der Waals surface area (Å²) in [4.78, 5) is 27.0. The first kappa shape index (κ1) is 26.7. The molecule has 5 aromatic rings. The molecule has 0 aliphatic rings. The summed E-state index contributed by atoms with van der Waals surface area (Å²) < 4.78 is 25.5. The van der Waals surface area contributed by atoms with E-state index in [0.29, 0.717) is 33.5 Å². The molecule has 0 aliphatic carbocycles. The van der Waals surface area contributed by atoms with Crippen LogP contribution in [0.15, 0.2) is 94.9 Å². The molecule has 0 saturated heterocycles. The maximum atomic E-state index is 13.8. The van der Waals surface area contributed by atoms with Crippen LogP contribution in [0.5, 0.6) is 0 Å². The summed E-state index contributed by atoms with van der Waals surface area (Å²) in [5.74, 6) is 0.693. The normalized spacial score (nSPS) is 11.2. The second-order valence-corrected chi connectivity index (χ2v) is 11.2. The van der Waals surface area contributed by atoms with E-state index in [0.717, 1.165) is 18.0 Å². The van der Waals surface area contributed by atoms with Gasteiger partial charge in [0.15, 0.2) is 9.84 Å². The van der Waals surface area contributed by atoms with Crippen LogP contribution in [-0.2, 0) is 9.84 Å². The third-order valence-electron chi connectivity index (χ3n) is 5.98. The van der Waals surface area contributed by atoms with Crippen LogP contribution < -0.4 is 16.6 Å². The van der Waals surface area contributed by atoms with Crippen molar-refractivity contribution in [1.29, 1.82) is 5.41 Å². The molecule has 3 aromatic carbocycles. The SMILES string of the molecule is CS(=O)(=O)c1cccc(Nc2nc(-c3ccc(-c4cnc(N)cn4)cc3)n(-c3ccc(Cl)cc3)c(=O)c2C=N)c1. The van der Waals surface area contributed by atoms with Gasteiger partial charge in [-0.2, -0.15) is 0 Å². The van der Waals surface area contributed by atoms with Crippen molar-refractivity contribution in [3.8, 4) is 28.3 Å². The molecule has 0 spiro atoms. The van der Waals surface area contributed by atoms with Crippen LogP contribution in [0, 0.1) is 5.41 Å². The monoisotopic (exact) mass is 571 g/mol. The van der Waals surface area contributed by atoms with E-state index in [9.17, 15) is 13.2 Å². The van der Waals surface area contributed by atoms with Gasteiger partial charge in [-0.25, -0.2) is 18.4 Å². The molecule has 0 amide bonds. The highest BCUT2D eigenvalue weighted by Gasteiger charge is 2.19. The number of halogens is 1. The van der Waals surface area contributed by atoms with E-state index < -0.39 is 15.4 Å². The van der Waals surface area contributed by atoms with Crippen molar-refractivity contribution in [1.82, 2.24) is 19.5 Å². The average molecular weight is 572 g/mol. The van der Waals surface area contributed by atoms with Crippen molar-refractivity contribution in [3.05, 3.63) is 106 Å². The zero-order chi connectivity index (χ0) is 28.4. The van der Waals surface area contributed by atoms with Crippen molar-refractivity contribution < 1.29 is 8.42 Å². The molecular weight excluding hydrogens is 550 g/mol. The first-order chi connectivity index (χ1) is 19.1. The van der Waals surface area contributed by atoms with Gasteiger partial charge in [0, 0.05) is 34.3 Å². The molecule has 200 valence electrons. The molecule has 4 N–H and O–H groups in total. The molecule has 0 atom stereocenters. The summed E-state index contributed by atoms with van der Waals surface area (Å²) >= 11 is 6.09. The zero-order valence-corrected chi connectivity index (χ0v) is 22.6. The number of rotatable bonds is 7. The van der Waals surface area contributed by atoms with Gasteiger partial charge in [0.2, 0.25) is 0 Å². The number of hydrogen-bond acceptors (Lipinski definition) is 9. The minimum atomic E-state index is -3.47. The Morgan fingerprint density at radius 2 is 1.68 bits per heavy atom. The quantitative estimate of drug-likeness (QED) is 0.236. The van der Waals surface area contributed by atoms with Crippen LogP contribution >= 0.6 is 11.6 Å². The molecule has 0 radical (unpaired) electrons. The standard InChI is InChI=1S/C28H22ClN7O3S/c1-40(38,39)22-4-2-3-20(13-22)34-26-23(14-30)28(37)36(21-11-9-19(29)10-12-21)27(35-26)18-7-5-17(6-8-18)24-15-33-25(31)16-32-24/h2-16,30,34H,1H3,(H2,31,33). The van der Waals surface area contributed by atoms with E-state index in [2.05, 4.69) is 15.3 Å². The van der Waals surface area contributed by atoms with E-state index in [1.54, 1.807) is 54.7 Å². The lowest BCUT2D eigenvalue weighted by Gasteiger charge is -2.17. The molecule has 2 aromatic heterocycles. The molecular formula is C28H22ClN7O3S. The number of aromatic nitrogens is 4. The number of nitrogen functional groups attached to an aromatic ring is 1. The average Bonchev–Trinajstić information content (AvgIpc) is 2.94. The summed E-state index contributed by atoms with van der Waals surface area (Å²) in [6.45, 7) is 0. The molecule has 2 heterocycles. The highest BCUT2D eigenvalue weighted by molar-refractivity contribution is 7.90. The van der Waals surface area contributed by atoms with Gasteiger partial charge in [0.05, 0.1) is 28.7 Å². The fourth-order valence-corrected chi connectivity index (χ4v) is 4.79. The van der Waals surface area contributed by atoms with E-state index >= 15 is 0 Å². The van der Waals surface area contributed by atoms with Crippen molar-refractivity contribution in [2.75, 3.05) is 17.3 Å². The van der Waals surface area contributed by atoms with Crippen LogP contribution in [0.1, 0.15) is 5.56 Å².